The van der Waals surface area contributed by atoms with Gasteiger partial charge in [0.1, 0.15) is 4.83 Å². The van der Waals surface area contributed by atoms with Crippen LogP contribution in [0.5, 0.6) is 0 Å². The zero-order valence-electron chi connectivity index (χ0n) is 8.09. The van der Waals surface area contributed by atoms with E-state index in [1.165, 1.54) is 6.07 Å². The molecular formula is C8H8N2O3S2. The van der Waals surface area contributed by atoms with Crippen LogP contribution in [0.25, 0.3) is 4.83 Å². The number of pyridine rings is 1. The van der Waals surface area contributed by atoms with Gasteiger partial charge in [-0.15, -0.1) is 5.10 Å². The van der Waals surface area contributed by atoms with Gasteiger partial charge in [0.2, 0.25) is 14.2 Å². The summed E-state index contributed by atoms with van der Waals surface area (Å²) in [7, 11) is -3.35. The van der Waals surface area contributed by atoms with Crippen molar-refractivity contribution in [2.75, 3.05) is 6.26 Å². The Hall–Kier alpha value is -1.21. The maximum atomic E-state index is 11.5. The quantitative estimate of drug-likeness (QED) is 0.731. The van der Waals surface area contributed by atoms with Crippen molar-refractivity contribution in [1.29, 1.82) is 0 Å². The van der Waals surface area contributed by atoms with Crippen molar-refractivity contribution in [3.05, 3.63) is 28.0 Å². The highest BCUT2D eigenvalue weighted by Gasteiger charge is 2.14. The van der Waals surface area contributed by atoms with Gasteiger partial charge in [0.25, 0.3) is 5.56 Å². The van der Waals surface area contributed by atoms with E-state index < -0.39 is 9.84 Å². The molecule has 0 N–H and O–H groups in total. The SMILES string of the molecule is Cc1cc(=O)n2nc(S(C)(=O)=O)sc2c1. The van der Waals surface area contributed by atoms with Crippen molar-refractivity contribution in [2.45, 2.75) is 11.3 Å². The molecule has 0 aliphatic carbocycles. The molecule has 0 aliphatic heterocycles. The first-order valence-electron chi connectivity index (χ1n) is 4.08. The van der Waals surface area contributed by atoms with Gasteiger partial charge in [0, 0.05) is 12.3 Å². The van der Waals surface area contributed by atoms with Gasteiger partial charge >= 0.3 is 0 Å². The van der Waals surface area contributed by atoms with Crippen LogP contribution in [0.4, 0.5) is 0 Å². The largest absolute Gasteiger partial charge is 0.272 e. The van der Waals surface area contributed by atoms with Gasteiger partial charge < -0.3 is 0 Å². The molecular weight excluding hydrogens is 236 g/mol. The molecule has 7 heteroatoms. The molecule has 0 radical (unpaired) electrons. The molecule has 0 saturated heterocycles. The van der Waals surface area contributed by atoms with E-state index in [0.717, 1.165) is 27.7 Å². The fraction of sp³-hybridized carbons (Fsp3) is 0.250. The molecule has 2 aromatic heterocycles. The molecule has 0 amide bonds. The van der Waals surface area contributed by atoms with Crippen molar-refractivity contribution in [3.8, 4) is 0 Å². The second kappa shape index (κ2) is 3.14. The first-order valence-corrected chi connectivity index (χ1v) is 6.79. The van der Waals surface area contributed by atoms with Crippen LogP contribution in [-0.4, -0.2) is 24.3 Å². The van der Waals surface area contributed by atoms with Gasteiger partial charge in [-0.25, -0.2) is 8.42 Å². The Labute approximate surface area is 89.9 Å². The second-order valence-corrected chi connectivity index (χ2v) is 6.46. The minimum absolute atomic E-state index is 0.0369. The summed E-state index contributed by atoms with van der Waals surface area (Å²) in [5.74, 6) is 0. The first-order chi connectivity index (χ1) is 6.88. The molecule has 0 unspecified atom stereocenters. The predicted octanol–water partition coefficient (Wildman–Crippen LogP) is 0.468. The Balaban J connectivity index is 2.89. The monoisotopic (exact) mass is 244 g/mol. The van der Waals surface area contributed by atoms with Crippen molar-refractivity contribution < 1.29 is 8.42 Å². The van der Waals surface area contributed by atoms with E-state index in [-0.39, 0.29) is 9.90 Å². The minimum atomic E-state index is -3.35. The lowest BCUT2D eigenvalue weighted by Crippen LogP contribution is -2.13. The Bertz CT molecular complexity index is 681. The Morgan fingerprint density at radius 1 is 1.40 bits per heavy atom. The van der Waals surface area contributed by atoms with Gasteiger partial charge in [-0.1, -0.05) is 11.3 Å². The first kappa shape index (κ1) is 10.3. The van der Waals surface area contributed by atoms with Crippen LogP contribution in [0.15, 0.2) is 21.3 Å². The molecule has 0 atom stereocenters. The number of nitrogens with zero attached hydrogens (tertiary/aromatic N) is 2. The molecule has 0 fully saturated rings. The molecule has 2 aromatic rings. The third-order valence-corrected chi connectivity index (χ3v) is 4.44. The fourth-order valence-corrected chi connectivity index (χ4v) is 3.03. The zero-order valence-corrected chi connectivity index (χ0v) is 9.72. The zero-order chi connectivity index (χ0) is 11.2. The van der Waals surface area contributed by atoms with Crippen LogP contribution >= 0.6 is 11.3 Å². The normalized spacial score (nSPS) is 12.1. The molecule has 5 nitrogen and oxygen atoms in total. The summed E-state index contributed by atoms with van der Waals surface area (Å²) in [5.41, 5.74) is 0.486. The lowest BCUT2D eigenvalue weighted by atomic mass is 10.3. The lowest BCUT2D eigenvalue weighted by molar-refractivity contribution is 0.598. The predicted molar refractivity (Wildman–Crippen MR) is 57.2 cm³/mol. The maximum absolute atomic E-state index is 11.5. The van der Waals surface area contributed by atoms with Crippen LogP contribution in [-0.2, 0) is 9.84 Å². The van der Waals surface area contributed by atoms with E-state index >= 15 is 0 Å². The van der Waals surface area contributed by atoms with E-state index in [1.54, 1.807) is 13.0 Å². The summed E-state index contributed by atoms with van der Waals surface area (Å²) in [6.45, 7) is 1.78. The van der Waals surface area contributed by atoms with E-state index in [0.29, 0.717) is 4.83 Å². The van der Waals surface area contributed by atoms with Crippen LogP contribution in [0.1, 0.15) is 5.56 Å². The van der Waals surface area contributed by atoms with Gasteiger partial charge in [-0.05, 0) is 18.6 Å². The number of aromatic nitrogens is 2. The summed E-state index contributed by atoms with van der Waals surface area (Å²) in [4.78, 5) is 12.0. The van der Waals surface area contributed by atoms with Crippen LogP contribution in [0, 0.1) is 6.92 Å². The van der Waals surface area contributed by atoms with Crippen molar-refractivity contribution in [2.24, 2.45) is 0 Å². The molecule has 0 spiro atoms. The van der Waals surface area contributed by atoms with Gasteiger partial charge in [0.05, 0.1) is 0 Å². The summed E-state index contributed by atoms with van der Waals surface area (Å²) in [6, 6.07) is 3.15. The molecule has 2 rings (SSSR count). The lowest BCUT2D eigenvalue weighted by Gasteiger charge is -1.90. The maximum Gasteiger partial charge on any atom is 0.272 e. The fourth-order valence-electron chi connectivity index (χ4n) is 1.17. The van der Waals surface area contributed by atoms with Crippen LogP contribution < -0.4 is 5.56 Å². The molecule has 0 bridgehead atoms. The third-order valence-electron chi connectivity index (χ3n) is 1.81. The van der Waals surface area contributed by atoms with E-state index in [2.05, 4.69) is 5.10 Å². The Morgan fingerprint density at radius 3 is 2.67 bits per heavy atom. The molecule has 15 heavy (non-hydrogen) atoms. The van der Waals surface area contributed by atoms with Gasteiger partial charge in [-0.3, -0.25) is 4.79 Å². The topological polar surface area (TPSA) is 68.5 Å². The number of aryl methyl sites for hydroxylation is 1. The van der Waals surface area contributed by atoms with Crippen LogP contribution in [0.3, 0.4) is 0 Å². The number of rotatable bonds is 1. The van der Waals surface area contributed by atoms with E-state index in [9.17, 15) is 13.2 Å². The van der Waals surface area contributed by atoms with Crippen molar-refractivity contribution in [3.63, 3.8) is 0 Å². The number of sulfone groups is 1. The average molecular weight is 244 g/mol. The summed E-state index contributed by atoms with van der Waals surface area (Å²) < 4.78 is 23.5. The van der Waals surface area contributed by atoms with Crippen molar-refractivity contribution >= 4 is 26.0 Å². The molecule has 2 heterocycles. The van der Waals surface area contributed by atoms with Crippen molar-refractivity contribution in [1.82, 2.24) is 9.61 Å². The number of hydrogen-bond donors (Lipinski definition) is 0. The van der Waals surface area contributed by atoms with Gasteiger partial charge in [0.15, 0.2) is 0 Å². The molecule has 0 saturated carbocycles. The molecule has 80 valence electrons. The van der Waals surface area contributed by atoms with Crippen LogP contribution in [0.2, 0.25) is 0 Å². The number of hydrogen-bond acceptors (Lipinski definition) is 5. The summed E-state index contributed by atoms with van der Waals surface area (Å²) in [5, 5.41) is 3.76. The highest BCUT2D eigenvalue weighted by molar-refractivity contribution is 7.92. The number of fused-ring (bicyclic) bond motifs is 1. The smallest absolute Gasteiger partial charge is 0.267 e. The highest BCUT2D eigenvalue weighted by Crippen LogP contribution is 2.18. The summed E-state index contributed by atoms with van der Waals surface area (Å²) >= 11 is 0.996. The summed E-state index contributed by atoms with van der Waals surface area (Å²) in [6.07, 6.45) is 1.07. The minimum Gasteiger partial charge on any atom is -0.267 e. The Kier molecular flexibility index (Phi) is 2.16. The molecule has 0 aliphatic rings. The van der Waals surface area contributed by atoms with E-state index in [4.69, 9.17) is 0 Å². The Morgan fingerprint density at radius 2 is 2.07 bits per heavy atom. The standard InChI is InChI=1S/C8H8N2O3S2/c1-5-3-6(11)10-7(4-5)14-8(9-10)15(2,12)13/h3-4H,1-2H3. The molecule has 0 aromatic carbocycles. The average Bonchev–Trinajstić information content (AvgIpc) is 2.46. The van der Waals surface area contributed by atoms with Gasteiger partial charge in [-0.2, -0.15) is 4.52 Å². The highest BCUT2D eigenvalue weighted by atomic mass is 32.2. The van der Waals surface area contributed by atoms with E-state index in [1.807, 2.05) is 0 Å². The second-order valence-electron chi connectivity index (χ2n) is 3.26. The third kappa shape index (κ3) is 1.80.